The van der Waals surface area contributed by atoms with Crippen LogP contribution in [0.25, 0.3) is 0 Å². The first-order valence-corrected chi connectivity index (χ1v) is 7.70. The molecule has 2 aliphatic heterocycles. The second-order valence-corrected chi connectivity index (χ2v) is 5.91. The lowest BCUT2D eigenvalue weighted by Gasteiger charge is -2.38. The van der Waals surface area contributed by atoms with Crippen LogP contribution in [-0.4, -0.2) is 23.6 Å². The Morgan fingerprint density at radius 2 is 2.24 bits per heavy atom. The molecule has 0 aromatic heterocycles. The van der Waals surface area contributed by atoms with Crippen LogP contribution in [0.3, 0.4) is 0 Å². The Labute approximate surface area is 124 Å². The minimum atomic E-state index is -1.25. The number of nitrogens with one attached hydrogen (secondary N) is 1. The highest BCUT2D eigenvalue weighted by atomic mass is 19.1. The van der Waals surface area contributed by atoms with Gasteiger partial charge in [0.15, 0.2) is 6.10 Å². The van der Waals surface area contributed by atoms with Gasteiger partial charge in [-0.1, -0.05) is 13.3 Å². The van der Waals surface area contributed by atoms with Gasteiger partial charge in [0.25, 0.3) is 5.91 Å². The quantitative estimate of drug-likeness (QED) is 0.900. The van der Waals surface area contributed by atoms with Gasteiger partial charge in [-0.05, 0) is 37.8 Å². The molecule has 0 aliphatic carbocycles. The van der Waals surface area contributed by atoms with Crippen molar-refractivity contribution < 1.29 is 14.3 Å². The smallest absolute Gasteiger partial charge is 0.257 e. The van der Waals surface area contributed by atoms with Gasteiger partial charge in [0.1, 0.15) is 5.82 Å². The fourth-order valence-electron chi connectivity index (χ4n) is 3.43. The third kappa shape index (κ3) is 2.50. The molecule has 1 aromatic rings. The van der Waals surface area contributed by atoms with Gasteiger partial charge in [0.05, 0.1) is 5.69 Å². The zero-order valence-electron chi connectivity index (χ0n) is 12.2. The van der Waals surface area contributed by atoms with Gasteiger partial charge in [-0.25, -0.2) is 4.39 Å². The van der Waals surface area contributed by atoms with E-state index in [0.717, 1.165) is 32.2 Å². The number of carbonyl (C=O) groups is 1. The Hall–Kier alpha value is -1.62. The number of aliphatic hydroxyl groups excluding tert-OH is 1. The van der Waals surface area contributed by atoms with Gasteiger partial charge in [0.2, 0.25) is 0 Å². The maximum atomic E-state index is 14.5. The van der Waals surface area contributed by atoms with Gasteiger partial charge in [-0.15, -0.1) is 0 Å². The van der Waals surface area contributed by atoms with E-state index in [-0.39, 0.29) is 5.82 Å². The molecule has 0 spiro atoms. The lowest BCUT2D eigenvalue weighted by atomic mass is 9.97. The maximum Gasteiger partial charge on any atom is 0.257 e. The fourth-order valence-corrected chi connectivity index (χ4v) is 3.43. The highest BCUT2D eigenvalue weighted by Gasteiger charge is 2.32. The van der Waals surface area contributed by atoms with Crippen LogP contribution < -0.4 is 10.2 Å². The predicted octanol–water partition coefficient (Wildman–Crippen LogP) is 2.97. The van der Waals surface area contributed by atoms with E-state index >= 15 is 0 Å². The molecule has 4 nitrogen and oxygen atoms in total. The number of fused-ring (bicyclic) bond motifs is 1. The van der Waals surface area contributed by atoms with Crippen molar-refractivity contribution in [1.29, 1.82) is 0 Å². The zero-order chi connectivity index (χ0) is 15.0. The van der Waals surface area contributed by atoms with Crippen LogP contribution in [0.4, 0.5) is 15.8 Å². The Balaban J connectivity index is 1.95. The second-order valence-electron chi connectivity index (χ2n) is 5.91. The number of nitrogens with zero attached hydrogens (tertiary/aromatic N) is 1. The highest BCUT2D eigenvalue weighted by Crippen LogP contribution is 2.38. The number of hydrogen-bond donors (Lipinski definition) is 2. The molecule has 2 heterocycles. The van der Waals surface area contributed by atoms with E-state index < -0.39 is 12.0 Å². The lowest BCUT2D eigenvalue weighted by molar-refractivity contribution is -0.123. The van der Waals surface area contributed by atoms with E-state index in [0.29, 0.717) is 23.0 Å². The summed E-state index contributed by atoms with van der Waals surface area (Å²) in [6, 6.07) is 3.33. The molecular weight excluding hydrogens is 271 g/mol. The summed E-state index contributed by atoms with van der Waals surface area (Å²) in [5.74, 6) is -0.836. The molecule has 2 aliphatic rings. The van der Waals surface area contributed by atoms with Crippen LogP contribution in [0.15, 0.2) is 12.1 Å². The molecule has 0 radical (unpaired) electrons. The standard InChI is InChI=1S/C16H21FN2O2/c1-2-5-10-6-3-4-7-19(10)14-9-13-11(8-12(14)17)15(20)16(21)18-13/h8-10,15,20H,2-7H2,1H3,(H,18,21). The molecule has 0 bridgehead atoms. The summed E-state index contributed by atoms with van der Waals surface area (Å²) in [6.07, 6.45) is 4.19. The number of hydrogen-bond acceptors (Lipinski definition) is 3. The summed E-state index contributed by atoms with van der Waals surface area (Å²) in [6.45, 7) is 2.99. The molecule has 1 fully saturated rings. The van der Waals surface area contributed by atoms with Crippen molar-refractivity contribution in [1.82, 2.24) is 0 Å². The molecule has 114 valence electrons. The molecule has 1 amide bonds. The molecule has 2 atom stereocenters. The average Bonchev–Trinajstić information content (AvgIpc) is 2.75. The van der Waals surface area contributed by atoms with E-state index in [1.54, 1.807) is 6.07 Å². The summed E-state index contributed by atoms with van der Waals surface area (Å²) in [5.41, 5.74) is 1.41. The number of amides is 1. The maximum absolute atomic E-state index is 14.5. The normalized spacial score (nSPS) is 24.9. The summed E-state index contributed by atoms with van der Waals surface area (Å²) >= 11 is 0. The zero-order valence-corrected chi connectivity index (χ0v) is 12.2. The summed E-state index contributed by atoms with van der Waals surface area (Å²) in [4.78, 5) is 13.6. The first-order valence-electron chi connectivity index (χ1n) is 7.70. The molecular formula is C16H21FN2O2. The third-order valence-corrected chi connectivity index (χ3v) is 4.48. The van der Waals surface area contributed by atoms with Gasteiger partial charge < -0.3 is 15.3 Å². The first kappa shape index (κ1) is 14.3. The van der Waals surface area contributed by atoms with E-state index in [2.05, 4.69) is 17.1 Å². The van der Waals surface area contributed by atoms with Crippen LogP contribution in [0.1, 0.15) is 50.7 Å². The van der Waals surface area contributed by atoms with Gasteiger partial charge in [-0.2, -0.15) is 0 Å². The number of piperidine rings is 1. The fraction of sp³-hybridized carbons (Fsp3) is 0.562. The number of carbonyl (C=O) groups excluding carboxylic acids is 1. The van der Waals surface area contributed by atoms with Crippen molar-refractivity contribution in [2.24, 2.45) is 0 Å². The van der Waals surface area contributed by atoms with Crippen molar-refractivity contribution in [3.8, 4) is 0 Å². The van der Waals surface area contributed by atoms with Crippen LogP contribution in [0.2, 0.25) is 0 Å². The minimum Gasteiger partial charge on any atom is -0.378 e. The molecule has 0 saturated carbocycles. The number of rotatable bonds is 3. The van der Waals surface area contributed by atoms with Crippen molar-refractivity contribution in [3.05, 3.63) is 23.5 Å². The third-order valence-electron chi connectivity index (χ3n) is 4.48. The predicted molar refractivity (Wildman–Crippen MR) is 79.9 cm³/mol. The number of halogens is 1. The van der Waals surface area contributed by atoms with Crippen molar-refractivity contribution in [2.75, 3.05) is 16.8 Å². The number of benzene rings is 1. The van der Waals surface area contributed by atoms with Gasteiger partial charge in [0, 0.05) is 23.8 Å². The van der Waals surface area contributed by atoms with Gasteiger partial charge in [-0.3, -0.25) is 4.79 Å². The molecule has 21 heavy (non-hydrogen) atoms. The van der Waals surface area contributed by atoms with Crippen LogP contribution in [-0.2, 0) is 4.79 Å². The molecule has 5 heteroatoms. The van der Waals surface area contributed by atoms with Crippen LogP contribution >= 0.6 is 0 Å². The topological polar surface area (TPSA) is 52.6 Å². The largest absolute Gasteiger partial charge is 0.378 e. The Morgan fingerprint density at radius 1 is 1.43 bits per heavy atom. The van der Waals surface area contributed by atoms with Crippen molar-refractivity contribution >= 4 is 17.3 Å². The SMILES string of the molecule is CCCC1CCCCN1c1cc2c(cc1F)C(O)C(=O)N2. The Bertz CT molecular complexity index is 559. The second kappa shape index (κ2) is 5.64. The van der Waals surface area contributed by atoms with Crippen molar-refractivity contribution in [3.63, 3.8) is 0 Å². The molecule has 2 unspecified atom stereocenters. The van der Waals surface area contributed by atoms with E-state index in [9.17, 15) is 14.3 Å². The average molecular weight is 292 g/mol. The molecule has 3 rings (SSSR count). The number of aliphatic hydroxyl groups is 1. The van der Waals surface area contributed by atoms with Gasteiger partial charge >= 0.3 is 0 Å². The molecule has 2 N–H and O–H groups in total. The summed E-state index contributed by atoms with van der Waals surface area (Å²) in [7, 11) is 0. The van der Waals surface area contributed by atoms with Crippen molar-refractivity contribution in [2.45, 2.75) is 51.2 Å². The van der Waals surface area contributed by atoms with E-state index in [1.807, 2.05) is 0 Å². The Kier molecular flexibility index (Phi) is 3.85. The molecule has 1 aromatic carbocycles. The van der Waals surface area contributed by atoms with Crippen LogP contribution in [0, 0.1) is 5.82 Å². The Morgan fingerprint density at radius 3 is 3.00 bits per heavy atom. The summed E-state index contributed by atoms with van der Waals surface area (Å²) < 4.78 is 14.5. The minimum absolute atomic E-state index is 0.338. The highest BCUT2D eigenvalue weighted by molar-refractivity contribution is 6.02. The lowest BCUT2D eigenvalue weighted by Crippen LogP contribution is -2.40. The summed E-state index contributed by atoms with van der Waals surface area (Å²) in [5, 5.41) is 12.3. The van der Waals surface area contributed by atoms with E-state index in [1.165, 1.54) is 12.5 Å². The first-order chi connectivity index (χ1) is 10.1. The number of anilines is 2. The van der Waals surface area contributed by atoms with E-state index in [4.69, 9.17) is 0 Å². The van der Waals surface area contributed by atoms with Crippen LogP contribution in [0.5, 0.6) is 0 Å². The monoisotopic (exact) mass is 292 g/mol. The molecule has 1 saturated heterocycles.